The van der Waals surface area contributed by atoms with E-state index >= 15 is 0 Å². The molecule has 3 aromatic heterocycles. The number of hydrogen-bond donors (Lipinski definition) is 7. The number of rotatable bonds is 10. The van der Waals surface area contributed by atoms with Crippen molar-refractivity contribution in [3.05, 3.63) is 106 Å². The van der Waals surface area contributed by atoms with Crippen molar-refractivity contribution < 1.29 is 38.8 Å². The lowest BCUT2D eigenvalue weighted by molar-refractivity contribution is -0.171. The van der Waals surface area contributed by atoms with Crippen LogP contribution in [0.4, 0.5) is 5.69 Å². The molecule has 3 aliphatic rings. The normalized spacial score (nSPS) is 15.7. The van der Waals surface area contributed by atoms with Gasteiger partial charge in [0, 0.05) is 47.1 Å². The van der Waals surface area contributed by atoms with Gasteiger partial charge in [0.2, 0.25) is 6.10 Å². The number of thiocarbonyl (C=S) groups is 1. The van der Waals surface area contributed by atoms with E-state index in [1.165, 1.54) is 6.42 Å². The molecule has 1 saturated heterocycles. The summed E-state index contributed by atoms with van der Waals surface area (Å²) in [5, 5.41) is 31.0. The van der Waals surface area contributed by atoms with E-state index in [0.717, 1.165) is 53.6 Å². The standard InChI is InChI=1S/C21H17N3O5.C14H17N5O2S.C5H10O2.C3H8.C2H6/c1-22-8-17(25)29-19-13-7-16-18-12(6-11-4-2-3-5-15(11)23-18)9-24(16)20(26)14(13)10-28-21(19)27;20-7-12(5-11-6-15-8-16-11)19-14(22)18-9-17-10-1-3-13(21)4-2-10;6-5-2-1-3-7-4-5;1-3-2;1-2/h2-7,19,22H,8-10H2,1H3;1-4,6-8,12,17,21H,5,9H2,(H,15,16)(H2,18,19,22);5-6H,1-4H2;3H2,1-2H3;1-2H3. The number of esters is 2. The number of phenolic OH excluding ortho intramolecular Hbond substituents is 1. The number of fused-ring (bicyclic) bond motifs is 5. The fourth-order valence-corrected chi connectivity index (χ4v) is 6.63. The summed E-state index contributed by atoms with van der Waals surface area (Å²) in [5.74, 6) is -1.08. The Morgan fingerprint density at radius 1 is 1.13 bits per heavy atom. The molecule has 1 fully saturated rings. The number of aliphatic hydroxyl groups excluding tert-OH is 1. The van der Waals surface area contributed by atoms with Crippen LogP contribution in [0.1, 0.15) is 75.4 Å². The molecule has 7 N–H and O–H groups in total. The van der Waals surface area contributed by atoms with E-state index < -0.39 is 24.1 Å². The highest BCUT2D eigenvalue weighted by atomic mass is 32.1. The number of hydrogen-bond acceptors (Lipinski definition) is 14. The number of para-hydroxylation sites is 1. The number of aliphatic hydroxyl groups is 1. The SMILES string of the molecule is CC.CCC.CNCC(=O)OC1C(=O)OCc2c1cc1n(c2=O)Cc2cc3ccccc3nc2-1.O=CC(Cc1cnc[nH]1)NC(=S)NCNc1ccc(O)cc1.OC1CCCOC1. The number of pyridine rings is 2. The van der Waals surface area contributed by atoms with Crippen molar-refractivity contribution in [3.63, 3.8) is 0 Å². The zero-order valence-electron chi connectivity index (χ0n) is 36.3. The van der Waals surface area contributed by atoms with Gasteiger partial charge in [-0.2, -0.15) is 0 Å². The smallest absolute Gasteiger partial charge is 0.352 e. The molecule has 17 nitrogen and oxygen atoms in total. The molecule has 338 valence electrons. The molecule has 3 unspecified atom stereocenters. The van der Waals surface area contributed by atoms with Gasteiger partial charge in [0.15, 0.2) is 5.11 Å². The van der Waals surface area contributed by atoms with E-state index in [0.29, 0.717) is 53.9 Å². The summed E-state index contributed by atoms with van der Waals surface area (Å²) in [5.41, 5.74) is 5.19. The van der Waals surface area contributed by atoms with Gasteiger partial charge in [-0.3, -0.25) is 9.59 Å². The van der Waals surface area contributed by atoms with Crippen LogP contribution in [0.5, 0.6) is 5.75 Å². The van der Waals surface area contributed by atoms with Crippen molar-refractivity contribution in [2.24, 2.45) is 0 Å². The number of aromatic hydroxyl groups is 1. The Hall–Kier alpha value is -6.21. The second-order valence-electron chi connectivity index (χ2n) is 14.2. The molecular weight excluding hydrogens is 829 g/mol. The number of anilines is 1. The molecule has 0 saturated carbocycles. The number of ether oxygens (including phenoxy) is 3. The Kier molecular flexibility index (Phi) is 20.1. The second-order valence-corrected chi connectivity index (χ2v) is 14.6. The lowest BCUT2D eigenvalue weighted by Crippen LogP contribution is -2.45. The molecule has 18 heteroatoms. The highest BCUT2D eigenvalue weighted by molar-refractivity contribution is 7.80. The van der Waals surface area contributed by atoms with Gasteiger partial charge in [-0.25, -0.2) is 14.8 Å². The third-order valence-corrected chi connectivity index (χ3v) is 9.52. The number of nitrogens with one attached hydrogen (secondary N) is 5. The molecule has 0 aliphatic carbocycles. The maximum absolute atomic E-state index is 13.1. The molecule has 3 aliphatic heterocycles. The van der Waals surface area contributed by atoms with Crippen molar-refractivity contribution in [3.8, 4) is 17.1 Å². The fraction of sp³-hybridized carbons (Fsp3) is 0.400. The van der Waals surface area contributed by atoms with Gasteiger partial charge in [0.1, 0.15) is 18.6 Å². The van der Waals surface area contributed by atoms with E-state index in [1.807, 2.05) is 44.2 Å². The average Bonchev–Trinajstić information content (AvgIpc) is 3.94. The largest absolute Gasteiger partial charge is 0.508 e. The average molecular weight is 887 g/mol. The van der Waals surface area contributed by atoms with Crippen molar-refractivity contribution in [2.45, 2.75) is 84.8 Å². The Morgan fingerprint density at radius 3 is 2.51 bits per heavy atom. The summed E-state index contributed by atoms with van der Waals surface area (Å²) in [6.45, 7) is 10.2. The van der Waals surface area contributed by atoms with Crippen LogP contribution in [0.25, 0.3) is 22.3 Å². The number of cyclic esters (lactones) is 1. The number of aromatic amines is 1. The summed E-state index contributed by atoms with van der Waals surface area (Å²) in [4.78, 5) is 60.0. The minimum Gasteiger partial charge on any atom is -0.508 e. The van der Waals surface area contributed by atoms with Crippen molar-refractivity contribution in [1.82, 2.24) is 35.5 Å². The van der Waals surface area contributed by atoms with Crippen molar-refractivity contribution in [1.29, 1.82) is 0 Å². The second kappa shape index (κ2) is 25.7. The number of likely N-dealkylation sites (N-methyl/N-ethyl adjacent to an activating group) is 1. The minimum atomic E-state index is -1.26. The first-order valence-corrected chi connectivity index (χ1v) is 21.4. The molecule has 0 bridgehead atoms. The van der Waals surface area contributed by atoms with Crippen LogP contribution in [-0.4, -0.2) is 98.7 Å². The Bertz CT molecular complexity index is 2300. The molecular formula is C45H58N8O9S. The Morgan fingerprint density at radius 2 is 1.87 bits per heavy atom. The van der Waals surface area contributed by atoms with E-state index in [9.17, 15) is 24.3 Å². The van der Waals surface area contributed by atoms with Crippen LogP contribution in [0, 0.1) is 0 Å². The van der Waals surface area contributed by atoms with E-state index in [4.69, 9.17) is 36.5 Å². The van der Waals surface area contributed by atoms with Crippen LogP contribution in [0.3, 0.4) is 0 Å². The van der Waals surface area contributed by atoms with Gasteiger partial charge in [-0.05, 0) is 74.6 Å². The predicted molar refractivity (Wildman–Crippen MR) is 244 cm³/mol. The number of carbonyl (C=O) groups excluding carboxylic acids is 3. The quantitative estimate of drug-likeness (QED) is 0.0327. The minimum absolute atomic E-state index is 0.0561. The molecule has 2 aromatic carbocycles. The van der Waals surface area contributed by atoms with Gasteiger partial charge in [-0.1, -0.05) is 52.3 Å². The molecule has 0 amide bonds. The van der Waals surface area contributed by atoms with Crippen LogP contribution in [-0.2, 0) is 48.2 Å². The Labute approximate surface area is 372 Å². The highest BCUT2D eigenvalue weighted by Crippen LogP contribution is 2.36. The number of benzene rings is 2. The first-order chi connectivity index (χ1) is 30.5. The van der Waals surface area contributed by atoms with Crippen molar-refractivity contribution >= 4 is 52.1 Å². The number of aromatic nitrogens is 4. The van der Waals surface area contributed by atoms with E-state index in [-0.39, 0.29) is 30.6 Å². The van der Waals surface area contributed by atoms with E-state index in [1.54, 1.807) is 54.5 Å². The lowest BCUT2D eigenvalue weighted by Gasteiger charge is -2.25. The van der Waals surface area contributed by atoms with E-state index in [2.05, 4.69) is 45.1 Å². The maximum atomic E-state index is 13.1. The van der Waals surface area contributed by atoms with Crippen LogP contribution < -0.4 is 26.8 Å². The van der Waals surface area contributed by atoms with Crippen molar-refractivity contribution in [2.75, 3.05) is 38.8 Å². The zero-order valence-corrected chi connectivity index (χ0v) is 37.1. The summed E-state index contributed by atoms with van der Waals surface area (Å²) in [6, 6.07) is 17.7. The Balaban J connectivity index is 0.000000225. The monoisotopic (exact) mass is 886 g/mol. The fourth-order valence-electron chi connectivity index (χ4n) is 6.40. The van der Waals surface area contributed by atoms with Crippen LogP contribution in [0.2, 0.25) is 0 Å². The number of carbonyl (C=O) groups is 3. The first-order valence-electron chi connectivity index (χ1n) is 21.0. The van der Waals surface area contributed by atoms with Gasteiger partial charge in [-0.15, -0.1) is 0 Å². The number of phenols is 1. The highest BCUT2D eigenvalue weighted by Gasteiger charge is 2.37. The predicted octanol–water partition coefficient (Wildman–Crippen LogP) is 4.64. The molecule has 6 heterocycles. The van der Waals surface area contributed by atoms with Crippen LogP contribution in [0.15, 0.2) is 78.0 Å². The van der Waals surface area contributed by atoms with Gasteiger partial charge in [0.05, 0.1) is 67.3 Å². The lowest BCUT2D eigenvalue weighted by atomic mass is 10.00. The molecule has 5 aromatic rings. The summed E-state index contributed by atoms with van der Waals surface area (Å²) in [6.07, 6.45) is 6.26. The van der Waals surface area contributed by atoms with Gasteiger partial charge < -0.3 is 60.0 Å². The molecule has 63 heavy (non-hydrogen) atoms. The molecule has 0 spiro atoms. The number of imidazole rings is 1. The molecule has 8 rings (SSSR count). The third-order valence-electron chi connectivity index (χ3n) is 9.25. The zero-order chi connectivity index (χ0) is 45.7. The van der Waals surface area contributed by atoms with Crippen LogP contribution >= 0.6 is 12.2 Å². The third kappa shape index (κ3) is 14.4. The summed E-state index contributed by atoms with van der Waals surface area (Å²) in [7, 11) is 1.60. The molecule has 3 atom stereocenters. The topological polar surface area (TPSA) is 231 Å². The number of aldehydes is 1. The van der Waals surface area contributed by atoms with Gasteiger partial charge in [0.25, 0.3) is 5.56 Å². The maximum Gasteiger partial charge on any atom is 0.352 e. The number of nitrogens with zero attached hydrogens (tertiary/aromatic N) is 3. The number of H-pyrrole nitrogens is 1. The summed E-state index contributed by atoms with van der Waals surface area (Å²) >= 11 is 5.14. The molecule has 0 radical (unpaired) electrons. The first kappa shape index (κ1) is 49.4. The summed E-state index contributed by atoms with van der Waals surface area (Å²) < 4.78 is 17.0. The van der Waals surface area contributed by atoms with Gasteiger partial charge >= 0.3 is 11.9 Å².